The van der Waals surface area contributed by atoms with Gasteiger partial charge in [0.05, 0.1) is 0 Å². The number of hydrogen-bond donors (Lipinski definition) is 0. The lowest BCUT2D eigenvalue weighted by molar-refractivity contribution is 0.758. The fourth-order valence-electron chi connectivity index (χ4n) is 2.84. The van der Waals surface area contributed by atoms with Gasteiger partial charge in [-0.15, -0.1) is 0 Å². The van der Waals surface area contributed by atoms with Gasteiger partial charge >= 0.3 is 0 Å². The molecule has 3 aromatic rings. The van der Waals surface area contributed by atoms with Gasteiger partial charge in [0.2, 0.25) is 0 Å². The van der Waals surface area contributed by atoms with Gasteiger partial charge in [-0.3, -0.25) is 4.98 Å². The maximum atomic E-state index is 4.32. The van der Waals surface area contributed by atoms with E-state index < -0.39 is 0 Å². The van der Waals surface area contributed by atoms with Crippen LogP contribution < -0.4 is 0 Å². The van der Waals surface area contributed by atoms with Crippen molar-refractivity contribution in [1.82, 2.24) is 24.9 Å². The molecule has 0 N–H and O–H groups in total. The van der Waals surface area contributed by atoms with Crippen LogP contribution in [0.2, 0.25) is 0 Å². The predicted octanol–water partition coefficient (Wildman–Crippen LogP) is 6.95. The molecule has 3 aromatic heterocycles. The minimum absolute atomic E-state index is 0.425. The van der Waals surface area contributed by atoms with Crippen LogP contribution in [-0.2, 0) is 0 Å². The fourth-order valence-corrected chi connectivity index (χ4v) is 2.84. The maximum absolute atomic E-state index is 4.32. The third-order valence-corrected chi connectivity index (χ3v) is 4.56. The number of nitrogens with zero attached hydrogens (tertiary/aromatic N) is 5. The SMILES string of the molecule is Cc1cc(C)nc(C(C)C)n1.Cc1cc(C)nc(C(C)C)n1.Cc1ccc(C(C)C)nc1. The number of hydrogen-bond acceptors (Lipinski definition) is 5. The van der Waals surface area contributed by atoms with Gasteiger partial charge in [0.15, 0.2) is 0 Å². The van der Waals surface area contributed by atoms with E-state index in [0.717, 1.165) is 34.4 Å². The lowest BCUT2D eigenvalue weighted by Gasteiger charge is -2.04. The largest absolute Gasteiger partial charge is 0.261 e. The molecule has 0 aromatic carbocycles. The van der Waals surface area contributed by atoms with Crippen LogP contribution in [0.3, 0.4) is 0 Å². The van der Waals surface area contributed by atoms with Crippen LogP contribution in [0.1, 0.15) is 105 Å². The summed E-state index contributed by atoms with van der Waals surface area (Å²) in [4.78, 5) is 21.6. The van der Waals surface area contributed by atoms with Crippen molar-refractivity contribution in [3.8, 4) is 0 Å². The van der Waals surface area contributed by atoms with Gasteiger partial charge in [0.25, 0.3) is 0 Å². The molecule has 5 heteroatoms. The van der Waals surface area contributed by atoms with Crippen molar-refractivity contribution >= 4 is 0 Å². The van der Waals surface area contributed by atoms with Crippen LogP contribution in [-0.4, -0.2) is 24.9 Å². The first-order valence-corrected chi connectivity index (χ1v) is 11.5. The van der Waals surface area contributed by atoms with E-state index in [1.165, 1.54) is 11.3 Å². The Morgan fingerprint density at radius 3 is 1.16 bits per heavy atom. The second-order valence-corrected chi connectivity index (χ2v) is 9.24. The van der Waals surface area contributed by atoms with E-state index >= 15 is 0 Å². The summed E-state index contributed by atoms with van der Waals surface area (Å²) in [6.45, 7) is 22.8. The minimum Gasteiger partial charge on any atom is -0.261 e. The first-order valence-electron chi connectivity index (χ1n) is 11.5. The van der Waals surface area contributed by atoms with Crippen molar-refractivity contribution in [3.05, 3.63) is 76.1 Å². The average molecular weight is 436 g/mol. The van der Waals surface area contributed by atoms with Crippen LogP contribution in [0.25, 0.3) is 0 Å². The highest BCUT2D eigenvalue weighted by Gasteiger charge is 2.03. The number of rotatable bonds is 3. The van der Waals surface area contributed by atoms with Gasteiger partial charge in [-0.2, -0.15) is 0 Å². The molecule has 0 aliphatic heterocycles. The van der Waals surface area contributed by atoms with Gasteiger partial charge < -0.3 is 0 Å². The normalized spacial score (nSPS) is 10.6. The summed E-state index contributed by atoms with van der Waals surface area (Å²) in [5.41, 5.74) is 6.62. The van der Waals surface area contributed by atoms with Gasteiger partial charge in [0.1, 0.15) is 11.6 Å². The zero-order chi connectivity index (χ0) is 24.4. The summed E-state index contributed by atoms with van der Waals surface area (Å²) in [5, 5.41) is 0. The molecule has 32 heavy (non-hydrogen) atoms. The molecule has 0 aliphatic rings. The molecule has 3 heterocycles. The summed E-state index contributed by atoms with van der Waals surface area (Å²) < 4.78 is 0. The molecule has 0 aliphatic carbocycles. The molecular formula is C27H41N5. The second-order valence-electron chi connectivity index (χ2n) is 9.24. The number of aromatic nitrogens is 5. The van der Waals surface area contributed by atoms with Crippen molar-refractivity contribution in [2.45, 2.75) is 93.9 Å². The molecule has 0 atom stereocenters. The van der Waals surface area contributed by atoms with Crippen molar-refractivity contribution in [3.63, 3.8) is 0 Å². The molecule has 0 saturated heterocycles. The Morgan fingerprint density at radius 2 is 0.906 bits per heavy atom. The number of aryl methyl sites for hydroxylation is 5. The molecule has 0 saturated carbocycles. The predicted molar refractivity (Wildman–Crippen MR) is 134 cm³/mol. The van der Waals surface area contributed by atoms with Crippen LogP contribution in [0.4, 0.5) is 0 Å². The van der Waals surface area contributed by atoms with E-state index in [1.54, 1.807) is 0 Å². The first kappa shape index (κ1) is 27.3. The quantitative estimate of drug-likeness (QED) is 0.445. The van der Waals surface area contributed by atoms with Crippen molar-refractivity contribution in [1.29, 1.82) is 0 Å². The molecule has 0 spiro atoms. The Labute approximate surface area is 195 Å². The molecule has 0 radical (unpaired) electrons. The summed E-state index contributed by atoms with van der Waals surface area (Å²) in [6.07, 6.45) is 1.91. The highest BCUT2D eigenvalue weighted by Crippen LogP contribution is 2.11. The van der Waals surface area contributed by atoms with E-state index in [0.29, 0.717) is 17.8 Å². The molecule has 5 nitrogen and oxygen atoms in total. The number of pyridine rings is 1. The van der Waals surface area contributed by atoms with Crippen molar-refractivity contribution in [2.24, 2.45) is 0 Å². The zero-order valence-electron chi connectivity index (χ0n) is 21.9. The third kappa shape index (κ3) is 10.1. The van der Waals surface area contributed by atoms with Gasteiger partial charge in [0, 0.05) is 46.5 Å². The topological polar surface area (TPSA) is 64.5 Å². The van der Waals surface area contributed by atoms with E-state index in [-0.39, 0.29) is 0 Å². The monoisotopic (exact) mass is 435 g/mol. The van der Waals surface area contributed by atoms with Crippen LogP contribution in [0.15, 0.2) is 30.5 Å². The van der Waals surface area contributed by atoms with Gasteiger partial charge in [-0.1, -0.05) is 47.6 Å². The lowest BCUT2D eigenvalue weighted by Crippen LogP contribution is -2.00. The molecule has 0 fully saturated rings. The molecule has 0 bridgehead atoms. The average Bonchev–Trinajstić information content (AvgIpc) is 2.68. The zero-order valence-corrected chi connectivity index (χ0v) is 21.9. The Kier molecular flexibility index (Phi) is 11.1. The smallest absolute Gasteiger partial charge is 0.131 e. The first-order chi connectivity index (χ1) is 14.9. The van der Waals surface area contributed by atoms with E-state index in [4.69, 9.17) is 0 Å². The fraction of sp³-hybridized carbons (Fsp3) is 0.519. The van der Waals surface area contributed by atoms with Gasteiger partial charge in [-0.25, -0.2) is 19.9 Å². The summed E-state index contributed by atoms with van der Waals surface area (Å²) in [5.74, 6) is 3.28. The summed E-state index contributed by atoms with van der Waals surface area (Å²) in [6, 6.07) is 8.17. The van der Waals surface area contributed by atoms with Crippen LogP contribution in [0, 0.1) is 34.6 Å². The Balaban J connectivity index is 0.000000240. The molecule has 3 rings (SSSR count). The second kappa shape index (κ2) is 13.0. The molecular weight excluding hydrogens is 394 g/mol. The Morgan fingerprint density at radius 1 is 0.531 bits per heavy atom. The lowest BCUT2D eigenvalue weighted by atomic mass is 10.1. The standard InChI is InChI=1S/2C9H14N2.C9H13N/c2*1-6(2)9-10-7(3)5-8(4)11-9;1-7(2)9-5-4-8(3)6-10-9/h2*5-6H,1-4H3;4-7H,1-3H3. The Bertz CT molecular complexity index is 864. The van der Waals surface area contributed by atoms with E-state index in [1.807, 2.05) is 46.0 Å². The minimum atomic E-state index is 0.425. The summed E-state index contributed by atoms with van der Waals surface area (Å²) in [7, 11) is 0. The van der Waals surface area contributed by atoms with Crippen LogP contribution in [0.5, 0.6) is 0 Å². The highest BCUT2D eigenvalue weighted by atomic mass is 14.9. The molecule has 0 unspecified atom stereocenters. The third-order valence-electron chi connectivity index (χ3n) is 4.56. The van der Waals surface area contributed by atoms with Crippen molar-refractivity contribution < 1.29 is 0 Å². The molecule has 174 valence electrons. The van der Waals surface area contributed by atoms with Crippen LogP contribution >= 0.6 is 0 Å². The maximum Gasteiger partial charge on any atom is 0.131 e. The molecule has 0 amide bonds. The highest BCUT2D eigenvalue weighted by molar-refractivity contribution is 5.14. The summed E-state index contributed by atoms with van der Waals surface area (Å²) >= 11 is 0. The van der Waals surface area contributed by atoms with E-state index in [9.17, 15) is 0 Å². The van der Waals surface area contributed by atoms with E-state index in [2.05, 4.69) is 85.5 Å². The Hall–Kier alpha value is -2.69. The van der Waals surface area contributed by atoms with Gasteiger partial charge in [-0.05, 0) is 64.3 Å². The van der Waals surface area contributed by atoms with Crippen molar-refractivity contribution in [2.75, 3.05) is 0 Å².